The van der Waals surface area contributed by atoms with Crippen molar-refractivity contribution >= 4 is 17.5 Å². The minimum atomic E-state index is -0.0923. The van der Waals surface area contributed by atoms with E-state index in [1.54, 1.807) is 18.0 Å². The second-order valence-corrected chi connectivity index (χ2v) is 5.68. The van der Waals surface area contributed by atoms with E-state index in [1.165, 1.54) is 6.20 Å². The molecule has 0 spiro atoms. The van der Waals surface area contributed by atoms with Gasteiger partial charge >= 0.3 is 0 Å². The quantitative estimate of drug-likeness (QED) is 0.837. The van der Waals surface area contributed by atoms with Crippen molar-refractivity contribution in [2.45, 2.75) is 26.4 Å². The fourth-order valence-electron chi connectivity index (χ4n) is 2.48. The Morgan fingerprint density at radius 1 is 1.48 bits per heavy atom. The third-order valence-corrected chi connectivity index (χ3v) is 4.02. The highest BCUT2D eigenvalue weighted by Crippen LogP contribution is 2.25. The van der Waals surface area contributed by atoms with Crippen molar-refractivity contribution in [3.63, 3.8) is 0 Å². The molecule has 0 bridgehead atoms. The van der Waals surface area contributed by atoms with Gasteiger partial charge in [0.1, 0.15) is 11.7 Å². The number of aromatic nitrogens is 1. The molecule has 0 aliphatic carbocycles. The summed E-state index contributed by atoms with van der Waals surface area (Å²) < 4.78 is 5.93. The predicted octanol–water partition coefficient (Wildman–Crippen LogP) is 2.30. The van der Waals surface area contributed by atoms with Crippen molar-refractivity contribution in [3.05, 3.63) is 22.8 Å². The van der Waals surface area contributed by atoms with Crippen LogP contribution in [0.4, 0.5) is 0 Å². The SMILES string of the molecule is CCN(CC)CCC1CN(C)C(=O)c2cc(Cl)cnc2O1. The number of hydrogen-bond donors (Lipinski definition) is 0. The van der Waals surface area contributed by atoms with Crippen LogP contribution in [0.15, 0.2) is 12.3 Å². The van der Waals surface area contributed by atoms with E-state index in [2.05, 4.69) is 23.7 Å². The second kappa shape index (κ2) is 7.09. The first-order valence-corrected chi connectivity index (χ1v) is 7.73. The molecule has 21 heavy (non-hydrogen) atoms. The van der Waals surface area contributed by atoms with Gasteiger partial charge in [-0.3, -0.25) is 4.79 Å². The number of fused-ring (bicyclic) bond motifs is 1. The monoisotopic (exact) mass is 311 g/mol. The molecule has 0 radical (unpaired) electrons. The molecule has 1 amide bonds. The molecule has 1 aromatic heterocycles. The third kappa shape index (κ3) is 3.86. The number of pyridine rings is 1. The zero-order valence-electron chi connectivity index (χ0n) is 12.8. The number of amides is 1. The topological polar surface area (TPSA) is 45.7 Å². The molecule has 6 heteroatoms. The van der Waals surface area contributed by atoms with Crippen LogP contribution in [-0.2, 0) is 0 Å². The van der Waals surface area contributed by atoms with Crippen LogP contribution in [0.25, 0.3) is 0 Å². The maximum atomic E-state index is 12.3. The number of rotatable bonds is 5. The zero-order chi connectivity index (χ0) is 15.4. The van der Waals surface area contributed by atoms with Gasteiger partial charge in [-0.2, -0.15) is 0 Å². The van der Waals surface area contributed by atoms with Crippen molar-refractivity contribution in [1.29, 1.82) is 0 Å². The lowest BCUT2D eigenvalue weighted by molar-refractivity contribution is 0.0745. The molecule has 1 aliphatic heterocycles. The van der Waals surface area contributed by atoms with E-state index in [0.29, 0.717) is 23.0 Å². The summed E-state index contributed by atoms with van der Waals surface area (Å²) >= 11 is 5.92. The van der Waals surface area contributed by atoms with Crippen LogP contribution in [0.5, 0.6) is 5.88 Å². The highest BCUT2D eigenvalue weighted by Gasteiger charge is 2.28. The van der Waals surface area contributed by atoms with Gasteiger partial charge in [-0.25, -0.2) is 4.98 Å². The van der Waals surface area contributed by atoms with Crippen LogP contribution in [0, 0.1) is 0 Å². The third-order valence-electron chi connectivity index (χ3n) is 3.81. The maximum absolute atomic E-state index is 12.3. The van der Waals surface area contributed by atoms with Gasteiger partial charge < -0.3 is 14.5 Å². The van der Waals surface area contributed by atoms with E-state index in [0.717, 1.165) is 26.1 Å². The Hall–Kier alpha value is -1.33. The number of hydrogen-bond acceptors (Lipinski definition) is 4. The zero-order valence-corrected chi connectivity index (χ0v) is 13.6. The van der Waals surface area contributed by atoms with Crippen LogP contribution in [0.1, 0.15) is 30.6 Å². The average molecular weight is 312 g/mol. The normalized spacial score (nSPS) is 18.4. The van der Waals surface area contributed by atoms with Crippen LogP contribution in [0.3, 0.4) is 0 Å². The minimum absolute atomic E-state index is 0.0468. The van der Waals surface area contributed by atoms with E-state index >= 15 is 0 Å². The fourth-order valence-corrected chi connectivity index (χ4v) is 2.64. The second-order valence-electron chi connectivity index (χ2n) is 5.25. The first-order chi connectivity index (χ1) is 10.0. The van der Waals surface area contributed by atoms with Gasteiger partial charge in [0.2, 0.25) is 5.88 Å². The molecule has 1 aromatic rings. The highest BCUT2D eigenvalue weighted by molar-refractivity contribution is 6.30. The summed E-state index contributed by atoms with van der Waals surface area (Å²) in [7, 11) is 1.78. The van der Waals surface area contributed by atoms with Gasteiger partial charge in [0.15, 0.2) is 0 Å². The standard InChI is InChI=1S/C15H22ClN3O2/c1-4-19(5-2)7-6-12-10-18(3)15(20)13-8-11(16)9-17-14(13)21-12/h8-9,12H,4-7,10H2,1-3H3. The molecule has 2 heterocycles. The molecular weight excluding hydrogens is 290 g/mol. The number of carbonyl (C=O) groups is 1. The van der Waals surface area contributed by atoms with Crippen molar-refractivity contribution in [3.8, 4) is 5.88 Å². The van der Waals surface area contributed by atoms with E-state index in [9.17, 15) is 4.79 Å². The van der Waals surface area contributed by atoms with Crippen LogP contribution in [-0.4, -0.2) is 60.0 Å². The van der Waals surface area contributed by atoms with Gasteiger partial charge in [0.25, 0.3) is 5.91 Å². The van der Waals surface area contributed by atoms with Gasteiger partial charge in [-0.1, -0.05) is 25.4 Å². The minimum Gasteiger partial charge on any atom is -0.472 e. The fraction of sp³-hybridized carbons (Fsp3) is 0.600. The van der Waals surface area contributed by atoms with E-state index in [-0.39, 0.29) is 12.0 Å². The van der Waals surface area contributed by atoms with E-state index < -0.39 is 0 Å². The van der Waals surface area contributed by atoms with Crippen LogP contribution < -0.4 is 4.74 Å². The number of likely N-dealkylation sites (N-methyl/N-ethyl adjacent to an activating group) is 1. The summed E-state index contributed by atoms with van der Waals surface area (Å²) in [6.07, 6.45) is 2.33. The molecule has 116 valence electrons. The lowest BCUT2D eigenvalue weighted by Crippen LogP contribution is -2.36. The summed E-state index contributed by atoms with van der Waals surface area (Å²) in [5.41, 5.74) is 0.440. The molecule has 1 aliphatic rings. The number of nitrogens with zero attached hydrogens (tertiary/aromatic N) is 3. The molecule has 0 saturated carbocycles. The molecule has 0 fully saturated rings. The number of ether oxygens (including phenoxy) is 1. The predicted molar refractivity (Wildman–Crippen MR) is 83.0 cm³/mol. The smallest absolute Gasteiger partial charge is 0.259 e. The molecule has 0 saturated heterocycles. The Morgan fingerprint density at radius 2 is 2.19 bits per heavy atom. The lowest BCUT2D eigenvalue weighted by atomic mass is 10.2. The lowest BCUT2D eigenvalue weighted by Gasteiger charge is -2.24. The maximum Gasteiger partial charge on any atom is 0.259 e. The molecular formula is C15H22ClN3O2. The van der Waals surface area contributed by atoms with Crippen molar-refractivity contribution in [2.75, 3.05) is 33.2 Å². The largest absolute Gasteiger partial charge is 0.472 e. The summed E-state index contributed by atoms with van der Waals surface area (Å²) in [4.78, 5) is 20.5. The molecule has 2 rings (SSSR count). The number of carbonyl (C=O) groups excluding carboxylic acids is 1. The average Bonchev–Trinajstić information content (AvgIpc) is 2.59. The highest BCUT2D eigenvalue weighted by atomic mass is 35.5. The molecule has 1 unspecified atom stereocenters. The van der Waals surface area contributed by atoms with Crippen molar-refractivity contribution < 1.29 is 9.53 Å². The van der Waals surface area contributed by atoms with Crippen molar-refractivity contribution in [2.24, 2.45) is 0 Å². The summed E-state index contributed by atoms with van der Waals surface area (Å²) in [6, 6.07) is 1.62. The summed E-state index contributed by atoms with van der Waals surface area (Å²) in [6.45, 7) is 7.83. The first kappa shape index (κ1) is 16.0. The number of halogens is 1. The van der Waals surface area contributed by atoms with E-state index in [4.69, 9.17) is 16.3 Å². The Bertz CT molecular complexity index is 506. The summed E-state index contributed by atoms with van der Waals surface area (Å²) in [5, 5.41) is 0.445. The Kier molecular flexibility index (Phi) is 5.42. The van der Waals surface area contributed by atoms with Crippen molar-refractivity contribution in [1.82, 2.24) is 14.8 Å². The Morgan fingerprint density at radius 3 is 2.86 bits per heavy atom. The van der Waals surface area contributed by atoms with Crippen LogP contribution >= 0.6 is 11.6 Å². The Balaban J connectivity index is 2.13. The molecule has 5 nitrogen and oxygen atoms in total. The van der Waals surface area contributed by atoms with Gasteiger partial charge in [0.05, 0.1) is 11.6 Å². The van der Waals surface area contributed by atoms with E-state index in [1.807, 2.05) is 0 Å². The van der Waals surface area contributed by atoms with Gasteiger partial charge in [-0.05, 0) is 25.6 Å². The molecule has 0 N–H and O–H groups in total. The van der Waals surface area contributed by atoms with Gasteiger partial charge in [-0.15, -0.1) is 0 Å². The van der Waals surface area contributed by atoms with Gasteiger partial charge in [0, 0.05) is 19.8 Å². The first-order valence-electron chi connectivity index (χ1n) is 7.35. The Labute approximate surface area is 130 Å². The van der Waals surface area contributed by atoms with Crippen LogP contribution in [0.2, 0.25) is 5.02 Å². The molecule has 0 aromatic carbocycles. The summed E-state index contributed by atoms with van der Waals surface area (Å²) in [5.74, 6) is 0.295. The molecule has 1 atom stereocenters.